The van der Waals surface area contributed by atoms with E-state index in [-0.39, 0.29) is 0 Å². The summed E-state index contributed by atoms with van der Waals surface area (Å²) in [6.45, 7) is 12.1. The van der Waals surface area contributed by atoms with Gasteiger partial charge in [-0.15, -0.1) is 6.58 Å². The fraction of sp³-hybridized carbons (Fsp3) is 0.615. The Morgan fingerprint density at radius 1 is 1.19 bits per heavy atom. The number of benzene rings is 1. The second-order valence-corrected chi connectivity index (χ2v) is 8.04. The lowest BCUT2D eigenvalue weighted by molar-refractivity contribution is 0.286. The summed E-state index contributed by atoms with van der Waals surface area (Å²) in [5.41, 5.74) is 10.9. The van der Waals surface area contributed by atoms with E-state index in [2.05, 4.69) is 46.6 Å². The molecule has 0 radical (unpaired) electrons. The van der Waals surface area contributed by atoms with Gasteiger partial charge in [0.15, 0.2) is 11.5 Å². The molecule has 4 nitrogen and oxygen atoms in total. The summed E-state index contributed by atoms with van der Waals surface area (Å²) in [6.07, 6.45) is 11.4. The van der Waals surface area contributed by atoms with Crippen molar-refractivity contribution in [3.63, 3.8) is 0 Å². The Morgan fingerprint density at radius 3 is 2.52 bits per heavy atom. The molecular formula is C26H45N2O2P. The highest BCUT2D eigenvalue weighted by atomic mass is 31.0. The summed E-state index contributed by atoms with van der Waals surface area (Å²) < 4.78 is 11.4. The quantitative estimate of drug-likeness (QED) is 0.105. The molecule has 3 N–H and O–H groups in total. The molecule has 5 heteroatoms. The van der Waals surface area contributed by atoms with Gasteiger partial charge in [0.05, 0.1) is 19.4 Å². The molecule has 0 spiro atoms. The van der Waals surface area contributed by atoms with E-state index < -0.39 is 0 Å². The molecule has 0 heterocycles. The summed E-state index contributed by atoms with van der Waals surface area (Å²) in [5, 5.41) is 3.47. The maximum absolute atomic E-state index is 6.23. The van der Waals surface area contributed by atoms with Crippen molar-refractivity contribution in [2.24, 2.45) is 5.92 Å². The number of hydrogen-bond donors (Lipinski definition) is 2. The maximum Gasteiger partial charge on any atom is 0.184 e. The van der Waals surface area contributed by atoms with Crippen LogP contribution >= 0.6 is 9.24 Å². The van der Waals surface area contributed by atoms with Crippen LogP contribution < -0.4 is 20.5 Å². The van der Waals surface area contributed by atoms with Gasteiger partial charge in [-0.25, -0.2) is 0 Å². The lowest BCUT2D eigenvalue weighted by Crippen LogP contribution is -2.15. The lowest BCUT2D eigenvalue weighted by atomic mass is 10.1. The smallest absolute Gasteiger partial charge is 0.184 e. The number of hydrogen-bond acceptors (Lipinski definition) is 4. The van der Waals surface area contributed by atoms with Crippen LogP contribution in [-0.2, 0) is 6.54 Å². The Balaban J connectivity index is 0.00000282. The Bertz CT molecular complexity index is 653. The van der Waals surface area contributed by atoms with Crippen molar-refractivity contribution in [1.29, 1.82) is 0 Å². The van der Waals surface area contributed by atoms with Crippen LogP contribution in [0.15, 0.2) is 24.8 Å². The molecule has 2 unspecified atom stereocenters. The minimum Gasteiger partial charge on any atom is -0.493 e. The van der Waals surface area contributed by atoms with Crippen molar-refractivity contribution in [2.45, 2.75) is 78.7 Å². The van der Waals surface area contributed by atoms with Gasteiger partial charge in [-0.05, 0) is 50.4 Å². The molecule has 31 heavy (non-hydrogen) atoms. The second-order valence-electron chi connectivity index (χ2n) is 7.75. The molecule has 0 fully saturated rings. The van der Waals surface area contributed by atoms with Crippen LogP contribution in [-0.4, -0.2) is 20.3 Å². The van der Waals surface area contributed by atoms with Crippen molar-refractivity contribution in [3.05, 3.63) is 30.4 Å². The first-order valence-corrected chi connectivity index (χ1v) is 12.2. The molecule has 0 saturated heterocycles. The molecule has 1 aromatic carbocycles. The predicted molar refractivity (Wildman–Crippen MR) is 140 cm³/mol. The van der Waals surface area contributed by atoms with Crippen LogP contribution in [0.3, 0.4) is 0 Å². The molecule has 1 aromatic rings. The summed E-state index contributed by atoms with van der Waals surface area (Å²) in [7, 11) is 4.12. The molecular weight excluding hydrogens is 403 g/mol. The van der Waals surface area contributed by atoms with Gasteiger partial charge in [0.2, 0.25) is 0 Å². The number of ether oxygens (including phenoxy) is 2. The van der Waals surface area contributed by atoms with Gasteiger partial charge in [-0.1, -0.05) is 72.8 Å². The molecule has 0 aromatic heterocycles. The normalized spacial score (nSPS) is 10.9. The Hall–Kier alpha value is -1.69. The lowest BCUT2D eigenvalue weighted by Gasteiger charge is -2.15. The Kier molecular flexibility index (Phi) is 19.1. The van der Waals surface area contributed by atoms with Gasteiger partial charge < -0.3 is 20.5 Å². The van der Waals surface area contributed by atoms with Crippen molar-refractivity contribution < 1.29 is 9.47 Å². The standard InChI is InChI=1S/C23H39N2O2P.C3H6/c1-4-5-6-7-8-9-14-27-23-21(24)16-20(17-22(23)26-3)18-25-13-10-11-19(2)12-15-28;1-3-2/h16-17,19,25H,4-11,13-14,18,24,28H2,1-3H3;3H,1H2,2H3. The van der Waals surface area contributed by atoms with Gasteiger partial charge in [0.25, 0.3) is 0 Å². The van der Waals surface area contributed by atoms with Crippen LogP contribution in [0.25, 0.3) is 0 Å². The van der Waals surface area contributed by atoms with Crippen molar-refractivity contribution in [3.8, 4) is 23.1 Å². The number of unbranched alkanes of at least 4 members (excludes halogenated alkanes) is 5. The topological polar surface area (TPSA) is 56.5 Å². The first-order chi connectivity index (χ1) is 15.0. The molecule has 0 aliphatic heterocycles. The van der Waals surface area contributed by atoms with Gasteiger partial charge in [0.1, 0.15) is 0 Å². The number of nitrogens with two attached hydrogens (primary N) is 1. The van der Waals surface area contributed by atoms with Gasteiger partial charge in [-0.3, -0.25) is 0 Å². The van der Waals surface area contributed by atoms with Gasteiger partial charge in [0, 0.05) is 12.5 Å². The summed E-state index contributed by atoms with van der Waals surface area (Å²) >= 11 is 0. The fourth-order valence-electron chi connectivity index (χ4n) is 3.13. The van der Waals surface area contributed by atoms with Gasteiger partial charge >= 0.3 is 0 Å². The van der Waals surface area contributed by atoms with E-state index >= 15 is 0 Å². The van der Waals surface area contributed by atoms with Gasteiger partial charge in [-0.2, -0.15) is 0 Å². The third-order valence-corrected chi connectivity index (χ3v) is 4.92. The number of nitrogens with one attached hydrogen (secondary N) is 1. The highest BCUT2D eigenvalue weighted by Gasteiger charge is 2.11. The Labute approximate surface area is 193 Å². The zero-order chi connectivity index (χ0) is 23.3. The van der Waals surface area contributed by atoms with Crippen molar-refractivity contribution in [1.82, 2.24) is 5.32 Å². The molecule has 2 atom stereocenters. The third-order valence-electron chi connectivity index (χ3n) is 4.76. The van der Waals surface area contributed by atoms with Crippen LogP contribution in [0.2, 0.25) is 0 Å². The number of rotatable bonds is 15. The minimum absolute atomic E-state index is 0.443. The van der Waals surface area contributed by atoms with Crippen LogP contribution in [0.4, 0.5) is 5.69 Å². The van der Waals surface area contributed by atoms with Crippen LogP contribution in [0.1, 0.15) is 77.7 Å². The van der Waals surface area contributed by atoms with Crippen molar-refractivity contribution in [2.75, 3.05) is 26.0 Å². The average Bonchev–Trinajstić information content (AvgIpc) is 2.74. The predicted octanol–water partition coefficient (Wildman–Crippen LogP) is 6.55. The SMILES string of the molecule is C=CC.CCCCCCCCOc1c(N)cc(CNCCCC(C)C#CP)cc1OC. The molecule has 0 amide bonds. The van der Waals surface area contributed by atoms with E-state index in [4.69, 9.17) is 15.2 Å². The number of methoxy groups -OCH3 is 1. The first kappa shape index (κ1) is 29.3. The van der Waals surface area contributed by atoms with E-state index in [0.29, 0.717) is 29.7 Å². The highest BCUT2D eigenvalue weighted by Crippen LogP contribution is 2.35. The van der Waals surface area contributed by atoms with Crippen molar-refractivity contribution >= 4 is 14.9 Å². The van der Waals surface area contributed by atoms with E-state index in [1.807, 2.05) is 19.1 Å². The highest BCUT2D eigenvalue weighted by molar-refractivity contribution is 7.23. The third kappa shape index (κ3) is 14.9. The number of nitrogen functional groups attached to an aromatic ring is 1. The monoisotopic (exact) mass is 448 g/mol. The number of allylic oxidation sites excluding steroid dienone is 1. The molecule has 0 aliphatic rings. The summed E-state index contributed by atoms with van der Waals surface area (Å²) in [6, 6.07) is 4.00. The van der Waals surface area contributed by atoms with E-state index in [1.54, 1.807) is 13.2 Å². The zero-order valence-corrected chi connectivity index (χ0v) is 21.4. The summed E-state index contributed by atoms with van der Waals surface area (Å²) in [4.78, 5) is 0. The molecule has 1 rings (SSSR count). The molecule has 0 saturated carbocycles. The second kappa shape index (κ2) is 20.2. The van der Waals surface area contributed by atoms with E-state index in [9.17, 15) is 0 Å². The van der Waals surface area contributed by atoms with E-state index in [0.717, 1.165) is 37.9 Å². The van der Waals surface area contributed by atoms with Crippen LogP contribution in [0.5, 0.6) is 11.5 Å². The Morgan fingerprint density at radius 2 is 1.87 bits per heavy atom. The van der Waals surface area contributed by atoms with E-state index in [1.165, 1.54) is 32.1 Å². The largest absolute Gasteiger partial charge is 0.493 e. The maximum atomic E-state index is 6.23. The molecule has 0 bridgehead atoms. The fourth-order valence-corrected chi connectivity index (χ4v) is 3.41. The zero-order valence-electron chi connectivity index (χ0n) is 20.3. The number of anilines is 1. The molecule has 176 valence electrons. The average molecular weight is 449 g/mol. The minimum atomic E-state index is 0.443. The molecule has 0 aliphatic carbocycles. The van der Waals surface area contributed by atoms with Crippen LogP contribution in [0, 0.1) is 17.5 Å². The summed E-state index contributed by atoms with van der Waals surface area (Å²) in [5.74, 6) is 4.98. The first-order valence-electron chi connectivity index (χ1n) is 11.6.